The lowest BCUT2D eigenvalue weighted by Crippen LogP contribution is -2.42. The Bertz CT molecular complexity index is 1350. The second-order valence-electron chi connectivity index (χ2n) is 9.26. The molecule has 2 atom stereocenters. The molecule has 3 aromatic carbocycles. The van der Waals surface area contributed by atoms with E-state index in [1.807, 2.05) is 30.3 Å². The number of piperidine rings is 1. The number of amides is 1. The molecule has 190 valence electrons. The van der Waals surface area contributed by atoms with Crippen LogP contribution in [0.4, 0.5) is 0 Å². The molecule has 1 saturated heterocycles. The average Bonchev–Trinajstić information content (AvgIpc) is 2.83. The molecule has 1 N–H and O–H groups in total. The highest BCUT2D eigenvalue weighted by molar-refractivity contribution is 7.99. The molecule has 4 rings (SSSR count). The fourth-order valence-corrected chi connectivity index (χ4v) is 7.61. The minimum atomic E-state index is -3.75. The Balaban J connectivity index is 1.67. The molecule has 3 aromatic rings. The number of carbonyl (C=O) groups is 1. The number of hydrogen-bond donors (Lipinski definition) is 1. The van der Waals surface area contributed by atoms with E-state index in [-0.39, 0.29) is 34.7 Å². The van der Waals surface area contributed by atoms with Crippen molar-refractivity contribution in [2.45, 2.75) is 41.5 Å². The zero-order valence-corrected chi connectivity index (χ0v) is 23.2. The SMILES string of the molecule is C[C@@H]1C[C@@H](C)CN(S(=O)(=O)c2ccc(Sc3cccc(Cl)c3)c(C(=O)NCc3ccccc3Cl)c2)C1. The van der Waals surface area contributed by atoms with Crippen LogP contribution in [-0.2, 0) is 16.6 Å². The van der Waals surface area contributed by atoms with Gasteiger partial charge >= 0.3 is 0 Å². The Hall–Kier alpha value is -2.03. The van der Waals surface area contributed by atoms with Gasteiger partial charge in [0.15, 0.2) is 0 Å². The zero-order chi connectivity index (χ0) is 25.9. The van der Waals surface area contributed by atoms with E-state index in [1.54, 1.807) is 30.3 Å². The Morgan fingerprint density at radius 1 is 1.00 bits per heavy atom. The topological polar surface area (TPSA) is 66.5 Å². The molecule has 1 amide bonds. The first-order valence-corrected chi connectivity index (χ1v) is 14.7. The van der Waals surface area contributed by atoms with Crippen LogP contribution in [0, 0.1) is 11.8 Å². The molecule has 9 heteroatoms. The van der Waals surface area contributed by atoms with Crippen LogP contribution in [0.5, 0.6) is 0 Å². The van der Waals surface area contributed by atoms with Gasteiger partial charge in [-0.15, -0.1) is 0 Å². The summed E-state index contributed by atoms with van der Waals surface area (Å²) in [4.78, 5) is 15.0. The van der Waals surface area contributed by atoms with Crippen LogP contribution in [0.15, 0.2) is 81.4 Å². The van der Waals surface area contributed by atoms with Crippen LogP contribution in [0.1, 0.15) is 36.2 Å². The number of rotatable bonds is 7. The maximum absolute atomic E-state index is 13.5. The number of carbonyl (C=O) groups excluding carboxylic acids is 1. The first-order valence-electron chi connectivity index (χ1n) is 11.7. The third-order valence-corrected chi connectivity index (χ3v) is 9.59. The van der Waals surface area contributed by atoms with Crippen molar-refractivity contribution in [2.24, 2.45) is 11.8 Å². The highest BCUT2D eigenvalue weighted by Crippen LogP contribution is 2.34. The fourth-order valence-electron chi connectivity index (χ4n) is 4.46. The quantitative estimate of drug-likeness (QED) is 0.346. The monoisotopic (exact) mass is 562 g/mol. The summed E-state index contributed by atoms with van der Waals surface area (Å²) in [6, 6.07) is 19.3. The van der Waals surface area contributed by atoms with Crippen LogP contribution >= 0.6 is 35.0 Å². The van der Waals surface area contributed by atoms with Crippen molar-refractivity contribution in [3.63, 3.8) is 0 Å². The van der Waals surface area contributed by atoms with Crippen molar-refractivity contribution in [2.75, 3.05) is 13.1 Å². The smallest absolute Gasteiger partial charge is 0.252 e. The van der Waals surface area contributed by atoms with Gasteiger partial charge in [0.25, 0.3) is 5.91 Å². The van der Waals surface area contributed by atoms with E-state index < -0.39 is 10.0 Å². The highest BCUT2D eigenvalue weighted by Gasteiger charge is 2.32. The van der Waals surface area contributed by atoms with Gasteiger partial charge in [0.05, 0.1) is 10.5 Å². The molecule has 0 unspecified atom stereocenters. The second-order valence-corrected chi connectivity index (χ2v) is 13.2. The number of nitrogens with one attached hydrogen (secondary N) is 1. The number of sulfonamides is 1. The molecule has 5 nitrogen and oxygen atoms in total. The van der Waals surface area contributed by atoms with Crippen molar-refractivity contribution in [1.29, 1.82) is 0 Å². The summed E-state index contributed by atoms with van der Waals surface area (Å²) < 4.78 is 28.6. The van der Waals surface area contributed by atoms with E-state index in [4.69, 9.17) is 23.2 Å². The maximum Gasteiger partial charge on any atom is 0.252 e. The van der Waals surface area contributed by atoms with Crippen LogP contribution in [0.2, 0.25) is 10.0 Å². The molecule has 1 heterocycles. The van der Waals surface area contributed by atoms with Gasteiger partial charge in [0.1, 0.15) is 0 Å². The van der Waals surface area contributed by atoms with Crippen LogP contribution < -0.4 is 5.32 Å². The third kappa shape index (κ3) is 6.45. The minimum absolute atomic E-state index is 0.113. The van der Waals surface area contributed by atoms with E-state index in [0.717, 1.165) is 16.9 Å². The standard InChI is InChI=1S/C27H28Cl2N2O3S2/c1-18-12-19(2)17-31(16-18)36(33,34)23-10-11-26(35-22-8-5-7-21(28)13-22)24(14-23)27(32)30-15-20-6-3-4-9-25(20)29/h3-11,13-14,18-19H,12,15-17H2,1-2H3,(H,30,32)/t18-,19-/m1/s1. The van der Waals surface area contributed by atoms with Crippen molar-refractivity contribution < 1.29 is 13.2 Å². The molecule has 0 saturated carbocycles. The van der Waals surface area contributed by atoms with Crippen LogP contribution in [0.25, 0.3) is 0 Å². The molecule has 0 radical (unpaired) electrons. The summed E-state index contributed by atoms with van der Waals surface area (Å²) in [5.41, 5.74) is 1.06. The molecule has 0 bridgehead atoms. The average molecular weight is 564 g/mol. The lowest BCUT2D eigenvalue weighted by atomic mass is 9.94. The van der Waals surface area contributed by atoms with Crippen molar-refractivity contribution in [3.8, 4) is 0 Å². The van der Waals surface area contributed by atoms with E-state index in [1.165, 1.54) is 22.1 Å². The summed E-state index contributed by atoms with van der Waals surface area (Å²) in [6.45, 7) is 5.30. The first kappa shape index (κ1) is 27.0. The predicted octanol–water partition coefficient (Wildman–Crippen LogP) is 6.74. The van der Waals surface area contributed by atoms with Gasteiger partial charge in [0.2, 0.25) is 10.0 Å². The summed E-state index contributed by atoms with van der Waals surface area (Å²) in [5, 5.41) is 4.03. The van der Waals surface area contributed by atoms with E-state index in [2.05, 4.69) is 19.2 Å². The van der Waals surface area contributed by atoms with Crippen molar-refractivity contribution in [3.05, 3.63) is 87.9 Å². The normalized spacial score (nSPS) is 18.7. The number of halogens is 2. The largest absolute Gasteiger partial charge is 0.348 e. The number of hydrogen-bond acceptors (Lipinski definition) is 4. The zero-order valence-electron chi connectivity index (χ0n) is 20.1. The molecule has 0 aromatic heterocycles. The molecular formula is C27H28Cl2N2O3S2. The van der Waals surface area contributed by atoms with Gasteiger partial charge < -0.3 is 5.32 Å². The minimum Gasteiger partial charge on any atom is -0.348 e. The van der Waals surface area contributed by atoms with Gasteiger partial charge in [-0.05, 0) is 66.3 Å². The summed E-state index contributed by atoms with van der Waals surface area (Å²) in [5.74, 6) is 0.177. The fraction of sp³-hybridized carbons (Fsp3) is 0.296. The number of nitrogens with zero attached hydrogens (tertiary/aromatic N) is 1. The van der Waals surface area contributed by atoms with E-state index in [0.29, 0.717) is 28.0 Å². The van der Waals surface area contributed by atoms with Gasteiger partial charge in [-0.1, -0.05) is 73.1 Å². The molecule has 1 aliphatic rings. The molecule has 1 aliphatic heterocycles. The lowest BCUT2D eigenvalue weighted by Gasteiger charge is -2.34. The summed E-state index contributed by atoms with van der Waals surface area (Å²) in [7, 11) is -3.75. The molecule has 1 fully saturated rings. The Morgan fingerprint density at radius 3 is 2.42 bits per heavy atom. The van der Waals surface area contributed by atoms with E-state index in [9.17, 15) is 13.2 Å². The van der Waals surface area contributed by atoms with Gasteiger partial charge in [-0.25, -0.2) is 8.42 Å². The Labute approximate surface area is 227 Å². The van der Waals surface area contributed by atoms with Crippen LogP contribution in [-0.4, -0.2) is 31.7 Å². The highest BCUT2D eigenvalue weighted by atomic mass is 35.5. The van der Waals surface area contributed by atoms with Crippen molar-refractivity contribution in [1.82, 2.24) is 9.62 Å². The summed E-state index contributed by atoms with van der Waals surface area (Å²) in [6.07, 6.45) is 0.997. The molecule has 36 heavy (non-hydrogen) atoms. The number of benzene rings is 3. The van der Waals surface area contributed by atoms with Gasteiger partial charge in [0, 0.05) is 39.5 Å². The Morgan fingerprint density at radius 2 is 1.72 bits per heavy atom. The second kappa shape index (κ2) is 11.6. The summed E-state index contributed by atoms with van der Waals surface area (Å²) >= 11 is 13.8. The first-order chi connectivity index (χ1) is 17.1. The van der Waals surface area contributed by atoms with Crippen molar-refractivity contribution >= 4 is 50.9 Å². The molecule has 0 spiro atoms. The predicted molar refractivity (Wildman–Crippen MR) is 146 cm³/mol. The Kier molecular flexibility index (Phi) is 8.68. The third-order valence-electron chi connectivity index (χ3n) is 6.09. The maximum atomic E-state index is 13.5. The van der Waals surface area contributed by atoms with Crippen LogP contribution in [0.3, 0.4) is 0 Å². The van der Waals surface area contributed by atoms with Gasteiger partial charge in [-0.2, -0.15) is 4.31 Å². The molecule has 0 aliphatic carbocycles. The van der Waals surface area contributed by atoms with Gasteiger partial charge in [-0.3, -0.25) is 4.79 Å². The van der Waals surface area contributed by atoms with E-state index >= 15 is 0 Å². The molecular weight excluding hydrogens is 535 g/mol. The lowest BCUT2D eigenvalue weighted by molar-refractivity contribution is 0.0947.